The highest BCUT2D eigenvalue weighted by molar-refractivity contribution is 5.99. The molecule has 0 aliphatic carbocycles. The maximum Gasteiger partial charge on any atom is 0.290 e. The lowest BCUT2D eigenvalue weighted by molar-refractivity contribution is 0.0716. The summed E-state index contributed by atoms with van der Waals surface area (Å²) in [6, 6.07) is 11.9. The van der Waals surface area contributed by atoms with E-state index in [1.54, 1.807) is 29.2 Å². The molecular formula is C25H26N2O5. The van der Waals surface area contributed by atoms with E-state index in [-0.39, 0.29) is 17.1 Å². The van der Waals surface area contributed by atoms with Gasteiger partial charge in [-0.2, -0.15) is 0 Å². The number of benzene rings is 2. The average molecular weight is 434 g/mol. The highest BCUT2D eigenvalue weighted by Gasteiger charge is 2.42. The van der Waals surface area contributed by atoms with Crippen molar-refractivity contribution < 1.29 is 18.7 Å². The zero-order valence-electron chi connectivity index (χ0n) is 18.5. The molecule has 3 aromatic rings. The quantitative estimate of drug-likeness (QED) is 0.506. The van der Waals surface area contributed by atoms with E-state index in [2.05, 4.69) is 6.58 Å². The minimum atomic E-state index is -0.563. The maximum atomic E-state index is 13.6. The number of nitrogens with zero attached hydrogens (tertiary/aromatic N) is 2. The lowest BCUT2D eigenvalue weighted by atomic mass is 9.98. The number of methoxy groups -OCH3 is 1. The van der Waals surface area contributed by atoms with E-state index in [4.69, 9.17) is 13.9 Å². The summed E-state index contributed by atoms with van der Waals surface area (Å²) in [5.74, 6) is 0.980. The van der Waals surface area contributed by atoms with Gasteiger partial charge in [-0.05, 0) is 43.9 Å². The summed E-state index contributed by atoms with van der Waals surface area (Å²) in [7, 11) is 5.42. The second-order valence-corrected chi connectivity index (χ2v) is 7.91. The van der Waals surface area contributed by atoms with Gasteiger partial charge in [-0.3, -0.25) is 9.59 Å². The molecule has 1 atom stereocenters. The molecule has 32 heavy (non-hydrogen) atoms. The van der Waals surface area contributed by atoms with Crippen molar-refractivity contribution in [2.75, 3.05) is 40.9 Å². The Balaban J connectivity index is 1.89. The third-order valence-corrected chi connectivity index (χ3v) is 5.50. The average Bonchev–Trinajstić information content (AvgIpc) is 3.08. The van der Waals surface area contributed by atoms with Crippen LogP contribution in [0, 0.1) is 0 Å². The molecule has 166 valence electrons. The van der Waals surface area contributed by atoms with Gasteiger partial charge in [0.05, 0.1) is 24.1 Å². The molecule has 0 bridgehead atoms. The van der Waals surface area contributed by atoms with Crippen LogP contribution in [0.5, 0.6) is 11.5 Å². The van der Waals surface area contributed by atoms with Crippen LogP contribution in [0.4, 0.5) is 0 Å². The van der Waals surface area contributed by atoms with Crippen LogP contribution in [0.1, 0.15) is 27.7 Å². The van der Waals surface area contributed by atoms with Crippen LogP contribution < -0.4 is 14.9 Å². The van der Waals surface area contributed by atoms with E-state index in [0.29, 0.717) is 47.7 Å². The van der Waals surface area contributed by atoms with Crippen LogP contribution in [0.2, 0.25) is 0 Å². The molecule has 1 unspecified atom stereocenters. The Hall–Kier alpha value is -3.58. The fourth-order valence-electron chi connectivity index (χ4n) is 3.94. The van der Waals surface area contributed by atoms with Gasteiger partial charge in [0, 0.05) is 19.2 Å². The summed E-state index contributed by atoms with van der Waals surface area (Å²) in [4.78, 5) is 30.6. The van der Waals surface area contributed by atoms with E-state index in [1.165, 1.54) is 7.11 Å². The molecule has 7 nitrogen and oxygen atoms in total. The van der Waals surface area contributed by atoms with Crippen molar-refractivity contribution >= 4 is 16.9 Å². The fraction of sp³-hybridized carbons (Fsp3) is 0.280. The molecular weight excluding hydrogens is 408 g/mol. The first-order chi connectivity index (χ1) is 15.4. The van der Waals surface area contributed by atoms with Crippen molar-refractivity contribution in [1.29, 1.82) is 0 Å². The second-order valence-electron chi connectivity index (χ2n) is 7.91. The highest BCUT2D eigenvalue weighted by atomic mass is 16.5. The first-order valence-electron chi connectivity index (χ1n) is 10.4. The highest BCUT2D eigenvalue weighted by Crippen LogP contribution is 2.39. The Kier molecular flexibility index (Phi) is 6.01. The number of fused-ring (bicyclic) bond motifs is 2. The van der Waals surface area contributed by atoms with Gasteiger partial charge in [0.2, 0.25) is 5.76 Å². The van der Waals surface area contributed by atoms with Crippen LogP contribution >= 0.6 is 0 Å². The third kappa shape index (κ3) is 3.87. The Bertz CT molecular complexity index is 1230. The number of carbonyl (C=O) groups is 1. The smallest absolute Gasteiger partial charge is 0.290 e. The Morgan fingerprint density at radius 1 is 1.16 bits per heavy atom. The molecule has 1 aliphatic rings. The number of rotatable bonds is 8. The zero-order chi connectivity index (χ0) is 22.8. The molecule has 4 rings (SSSR count). The summed E-state index contributed by atoms with van der Waals surface area (Å²) < 4.78 is 16.9. The number of hydrogen-bond donors (Lipinski definition) is 0. The molecule has 2 heterocycles. The van der Waals surface area contributed by atoms with Gasteiger partial charge >= 0.3 is 0 Å². The van der Waals surface area contributed by atoms with E-state index in [9.17, 15) is 9.59 Å². The molecule has 7 heteroatoms. The second kappa shape index (κ2) is 8.88. The molecule has 1 amide bonds. The molecule has 0 saturated carbocycles. The SMILES string of the molecule is C=CCOc1cccc(C2c3c(oc4cc(OC)ccc4c3=O)C(=O)N2CCN(C)C)c1. The summed E-state index contributed by atoms with van der Waals surface area (Å²) in [6.45, 7) is 5.12. The van der Waals surface area contributed by atoms with Crippen molar-refractivity contribution in [3.63, 3.8) is 0 Å². The van der Waals surface area contributed by atoms with E-state index >= 15 is 0 Å². The van der Waals surface area contributed by atoms with Gasteiger partial charge in [0.25, 0.3) is 5.91 Å². The molecule has 0 fully saturated rings. The van der Waals surface area contributed by atoms with Gasteiger partial charge in [0.1, 0.15) is 23.7 Å². The lowest BCUT2D eigenvalue weighted by Gasteiger charge is -2.26. The lowest BCUT2D eigenvalue weighted by Crippen LogP contribution is -2.35. The van der Waals surface area contributed by atoms with Gasteiger partial charge in [-0.25, -0.2) is 0 Å². The minimum Gasteiger partial charge on any atom is -0.497 e. The molecule has 2 aromatic carbocycles. The van der Waals surface area contributed by atoms with Crippen molar-refractivity contribution in [2.45, 2.75) is 6.04 Å². The van der Waals surface area contributed by atoms with Crippen molar-refractivity contribution in [3.8, 4) is 11.5 Å². The summed E-state index contributed by atoms with van der Waals surface area (Å²) in [6.07, 6.45) is 1.67. The molecule has 1 aromatic heterocycles. The van der Waals surface area contributed by atoms with Crippen molar-refractivity contribution in [1.82, 2.24) is 9.80 Å². The zero-order valence-corrected chi connectivity index (χ0v) is 18.5. The van der Waals surface area contributed by atoms with Crippen LogP contribution in [-0.2, 0) is 0 Å². The monoisotopic (exact) mass is 434 g/mol. The minimum absolute atomic E-state index is 0.0805. The molecule has 0 saturated heterocycles. The van der Waals surface area contributed by atoms with Crippen LogP contribution in [-0.4, -0.2) is 56.6 Å². The third-order valence-electron chi connectivity index (χ3n) is 5.50. The van der Waals surface area contributed by atoms with E-state index in [1.807, 2.05) is 43.3 Å². The Morgan fingerprint density at radius 3 is 2.69 bits per heavy atom. The molecule has 1 aliphatic heterocycles. The normalized spacial score (nSPS) is 15.3. The summed E-state index contributed by atoms with van der Waals surface area (Å²) in [5.41, 5.74) is 1.26. The summed E-state index contributed by atoms with van der Waals surface area (Å²) >= 11 is 0. The van der Waals surface area contributed by atoms with E-state index < -0.39 is 6.04 Å². The topological polar surface area (TPSA) is 72.2 Å². The fourth-order valence-corrected chi connectivity index (χ4v) is 3.94. The first kappa shape index (κ1) is 21.6. The predicted molar refractivity (Wildman–Crippen MR) is 123 cm³/mol. The maximum absolute atomic E-state index is 13.6. The summed E-state index contributed by atoms with van der Waals surface area (Å²) in [5, 5.41) is 0.413. The largest absolute Gasteiger partial charge is 0.497 e. The van der Waals surface area contributed by atoms with E-state index in [0.717, 1.165) is 5.56 Å². The predicted octanol–water partition coefficient (Wildman–Crippen LogP) is 3.47. The number of carbonyl (C=O) groups excluding carboxylic acids is 1. The number of hydrogen-bond acceptors (Lipinski definition) is 6. The van der Waals surface area contributed by atoms with Gasteiger partial charge < -0.3 is 23.7 Å². The number of ether oxygens (including phenoxy) is 2. The first-order valence-corrected chi connectivity index (χ1v) is 10.4. The molecule has 0 radical (unpaired) electrons. The van der Waals surface area contributed by atoms with Gasteiger partial charge in [-0.1, -0.05) is 24.8 Å². The number of amides is 1. The van der Waals surface area contributed by atoms with Crippen molar-refractivity contribution in [3.05, 3.63) is 82.2 Å². The standard InChI is InChI=1S/C25H26N2O5/c1-5-13-31-18-8-6-7-16(14-18)22-21-23(28)19-10-9-17(30-4)15-20(19)32-24(21)25(29)27(22)12-11-26(2)3/h5-10,14-15,22H,1,11-13H2,2-4H3. The van der Waals surface area contributed by atoms with Crippen molar-refractivity contribution in [2.24, 2.45) is 0 Å². The number of likely N-dealkylation sites (N-methyl/N-ethyl adjacent to an activating group) is 1. The molecule has 0 N–H and O–H groups in total. The molecule has 0 spiro atoms. The van der Waals surface area contributed by atoms with Crippen LogP contribution in [0.3, 0.4) is 0 Å². The Labute approximate surface area is 186 Å². The van der Waals surface area contributed by atoms with Crippen LogP contribution in [0.15, 0.2) is 64.3 Å². The Morgan fingerprint density at radius 2 is 1.97 bits per heavy atom. The van der Waals surface area contributed by atoms with Crippen LogP contribution in [0.25, 0.3) is 11.0 Å². The van der Waals surface area contributed by atoms with Gasteiger partial charge in [0.15, 0.2) is 5.43 Å². The van der Waals surface area contributed by atoms with Gasteiger partial charge in [-0.15, -0.1) is 0 Å².